The molecular formula is C17H23N5O3S2. The highest BCUT2D eigenvalue weighted by Crippen LogP contribution is 2.22. The van der Waals surface area contributed by atoms with Crippen LogP contribution >= 0.6 is 12.2 Å². The van der Waals surface area contributed by atoms with Gasteiger partial charge in [-0.25, -0.2) is 13.1 Å². The van der Waals surface area contributed by atoms with E-state index < -0.39 is 10.0 Å². The Bertz CT molecular complexity index is 959. The van der Waals surface area contributed by atoms with E-state index in [1.807, 2.05) is 7.05 Å². The molecule has 0 aliphatic heterocycles. The van der Waals surface area contributed by atoms with Gasteiger partial charge in [-0.05, 0) is 49.2 Å². The number of amides is 1. The minimum atomic E-state index is -3.43. The van der Waals surface area contributed by atoms with E-state index in [0.29, 0.717) is 30.6 Å². The summed E-state index contributed by atoms with van der Waals surface area (Å²) in [5.74, 6) is 0.732. The molecule has 0 radical (unpaired) electrons. The van der Waals surface area contributed by atoms with Crippen molar-refractivity contribution >= 4 is 28.1 Å². The monoisotopic (exact) mass is 409 g/mol. The van der Waals surface area contributed by atoms with Gasteiger partial charge in [0.15, 0.2) is 4.77 Å². The minimum Gasteiger partial charge on any atom is -0.356 e. The molecule has 3 rings (SSSR count). The van der Waals surface area contributed by atoms with Gasteiger partial charge in [0, 0.05) is 32.5 Å². The predicted octanol–water partition coefficient (Wildman–Crippen LogP) is 1.21. The molecule has 10 heteroatoms. The maximum Gasteiger partial charge on any atom is 0.240 e. The topological polar surface area (TPSA) is 109 Å². The van der Waals surface area contributed by atoms with Crippen molar-refractivity contribution in [2.45, 2.75) is 43.0 Å². The lowest BCUT2D eigenvalue weighted by Gasteiger charge is -2.07. The van der Waals surface area contributed by atoms with Crippen LogP contribution in [0.4, 0.5) is 0 Å². The molecule has 2 aromatic rings. The first-order chi connectivity index (χ1) is 12.8. The zero-order valence-corrected chi connectivity index (χ0v) is 16.7. The molecule has 8 nitrogen and oxygen atoms in total. The largest absolute Gasteiger partial charge is 0.356 e. The summed E-state index contributed by atoms with van der Waals surface area (Å²) in [5, 5.41) is 9.66. The Labute approximate surface area is 163 Å². The van der Waals surface area contributed by atoms with Crippen LogP contribution in [0.15, 0.2) is 29.2 Å². The van der Waals surface area contributed by atoms with Gasteiger partial charge >= 0.3 is 0 Å². The van der Waals surface area contributed by atoms with Crippen molar-refractivity contribution in [3.05, 3.63) is 40.4 Å². The Morgan fingerprint density at radius 3 is 2.59 bits per heavy atom. The second-order valence-electron chi connectivity index (χ2n) is 6.64. The number of aromatic amines is 1. The van der Waals surface area contributed by atoms with Crippen molar-refractivity contribution in [2.75, 3.05) is 6.54 Å². The number of hydrogen-bond acceptors (Lipinski definition) is 5. The lowest BCUT2D eigenvalue weighted by atomic mass is 10.1. The molecule has 27 heavy (non-hydrogen) atoms. The number of rotatable bonds is 9. The van der Waals surface area contributed by atoms with Crippen molar-refractivity contribution in [1.82, 2.24) is 24.8 Å². The number of carbonyl (C=O) groups is 1. The Hall–Kier alpha value is -2.04. The van der Waals surface area contributed by atoms with Crippen molar-refractivity contribution in [3.8, 4) is 0 Å². The van der Waals surface area contributed by atoms with Crippen molar-refractivity contribution < 1.29 is 13.2 Å². The van der Waals surface area contributed by atoms with E-state index >= 15 is 0 Å². The van der Waals surface area contributed by atoms with Crippen LogP contribution in [0.5, 0.6) is 0 Å². The van der Waals surface area contributed by atoms with E-state index in [0.717, 1.165) is 24.2 Å². The number of H-pyrrole nitrogens is 1. The molecule has 0 bridgehead atoms. The van der Waals surface area contributed by atoms with E-state index in [9.17, 15) is 13.2 Å². The van der Waals surface area contributed by atoms with Gasteiger partial charge in [0.05, 0.1) is 4.90 Å². The Morgan fingerprint density at radius 1 is 1.30 bits per heavy atom. The summed E-state index contributed by atoms with van der Waals surface area (Å²) < 4.78 is 29.2. The third-order valence-electron chi connectivity index (χ3n) is 4.42. The maximum atomic E-state index is 12.1. The molecular weight excluding hydrogens is 386 g/mol. The van der Waals surface area contributed by atoms with E-state index in [4.69, 9.17) is 12.2 Å². The molecule has 1 aliphatic rings. The number of nitrogens with zero attached hydrogens (tertiary/aromatic N) is 2. The average molecular weight is 410 g/mol. The summed E-state index contributed by atoms with van der Waals surface area (Å²) in [6, 6.07) is 6.76. The van der Waals surface area contributed by atoms with E-state index in [-0.39, 0.29) is 16.8 Å². The number of aromatic nitrogens is 3. The minimum absolute atomic E-state index is 0.0566. The predicted molar refractivity (Wildman–Crippen MR) is 103 cm³/mol. The van der Waals surface area contributed by atoms with Crippen molar-refractivity contribution in [2.24, 2.45) is 7.05 Å². The number of aryl methyl sites for hydroxylation is 1. The van der Waals surface area contributed by atoms with Crippen molar-refractivity contribution in [1.29, 1.82) is 0 Å². The fourth-order valence-electron chi connectivity index (χ4n) is 2.59. The van der Waals surface area contributed by atoms with Crippen LogP contribution < -0.4 is 10.0 Å². The van der Waals surface area contributed by atoms with Crippen LogP contribution in [-0.4, -0.2) is 41.7 Å². The molecule has 1 aliphatic carbocycles. The summed E-state index contributed by atoms with van der Waals surface area (Å²) >= 11 is 5.04. The van der Waals surface area contributed by atoms with Gasteiger partial charge in [-0.2, -0.15) is 5.10 Å². The van der Waals surface area contributed by atoms with Crippen LogP contribution in [-0.2, 0) is 34.7 Å². The number of carbonyl (C=O) groups excluding carboxylic acids is 1. The highest BCUT2D eigenvalue weighted by Gasteiger charge is 2.27. The number of nitrogens with one attached hydrogen (secondary N) is 3. The quantitative estimate of drug-likeness (QED) is 0.540. The average Bonchev–Trinajstić information content (AvgIpc) is 3.39. The number of benzene rings is 1. The Morgan fingerprint density at radius 2 is 2.00 bits per heavy atom. The molecule has 146 valence electrons. The fourth-order valence-corrected chi connectivity index (χ4v) is 4.04. The molecule has 1 aromatic carbocycles. The molecule has 0 atom stereocenters. The first-order valence-corrected chi connectivity index (χ1v) is 10.7. The smallest absolute Gasteiger partial charge is 0.240 e. The second-order valence-corrected chi connectivity index (χ2v) is 8.74. The zero-order chi connectivity index (χ0) is 19.4. The van der Waals surface area contributed by atoms with Gasteiger partial charge in [-0.3, -0.25) is 9.89 Å². The molecule has 0 unspecified atom stereocenters. The summed E-state index contributed by atoms with van der Waals surface area (Å²) in [7, 11) is -1.61. The summed E-state index contributed by atoms with van der Waals surface area (Å²) in [5.41, 5.74) is 0.921. The SMILES string of the molecule is Cn1c(CCNC(=O)CCc2ccc(S(=O)(=O)NC3CC3)cc2)n[nH]c1=S. The fraction of sp³-hybridized carbons (Fsp3) is 0.471. The highest BCUT2D eigenvalue weighted by molar-refractivity contribution is 7.89. The van der Waals surface area contributed by atoms with Crippen LogP contribution in [0.3, 0.4) is 0 Å². The normalized spacial score (nSPS) is 14.3. The highest BCUT2D eigenvalue weighted by atomic mass is 32.2. The lowest BCUT2D eigenvalue weighted by Crippen LogP contribution is -2.26. The van der Waals surface area contributed by atoms with E-state index in [1.165, 1.54) is 0 Å². The molecule has 1 fully saturated rings. The Kier molecular flexibility index (Phi) is 6.08. The van der Waals surface area contributed by atoms with Gasteiger partial charge in [-0.1, -0.05) is 12.1 Å². The van der Waals surface area contributed by atoms with Gasteiger partial charge in [0.1, 0.15) is 5.82 Å². The summed E-state index contributed by atoms with van der Waals surface area (Å²) in [4.78, 5) is 12.2. The summed E-state index contributed by atoms with van der Waals surface area (Å²) in [6.45, 7) is 0.482. The maximum absolute atomic E-state index is 12.1. The van der Waals surface area contributed by atoms with E-state index in [2.05, 4.69) is 20.2 Å². The zero-order valence-electron chi connectivity index (χ0n) is 15.1. The van der Waals surface area contributed by atoms with Crippen molar-refractivity contribution in [3.63, 3.8) is 0 Å². The third-order valence-corrected chi connectivity index (χ3v) is 6.32. The Balaban J connectivity index is 1.43. The van der Waals surface area contributed by atoms with Gasteiger partial charge in [0.2, 0.25) is 15.9 Å². The van der Waals surface area contributed by atoms with Gasteiger partial charge in [0.25, 0.3) is 0 Å². The second kappa shape index (κ2) is 8.32. The van der Waals surface area contributed by atoms with Crippen LogP contribution in [0.2, 0.25) is 0 Å². The molecule has 0 saturated heterocycles. The summed E-state index contributed by atoms with van der Waals surface area (Å²) in [6.07, 6.45) is 3.29. The molecule has 1 saturated carbocycles. The first-order valence-electron chi connectivity index (χ1n) is 8.83. The lowest BCUT2D eigenvalue weighted by molar-refractivity contribution is -0.121. The number of hydrogen-bond donors (Lipinski definition) is 3. The van der Waals surface area contributed by atoms with Crippen LogP contribution in [0.25, 0.3) is 0 Å². The first kappa shape index (κ1) is 19.7. The van der Waals surface area contributed by atoms with Gasteiger partial charge in [-0.15, -0.1) is 0 Å². The molecule has 3 N–H and O–H groups in total. The molecule has 0 spiro atoms. The van der Waals surface area contributed by atoms with Gasteiger partial charge < -0.3 is 9.88 Å². The molecule has 1 heterocycles. The number of sulfonamides is 1. The molecule has 1 aromatic heterocycles. The standard InChI is InChI=1S/C17H23N5O3S2/c1-22-15(19-20-17(22)26)10-11-18-16(23)9-4-12-2-7-14(8-3-12)27(24,25)21-13-5-6-13/h2-3,7-8,13,21H,4-6,9-11H2,1H3,(H,18,23)(H,20,26). The third kappa shape index (κ3) is 5.47. The van der Waals surface area contributed by atoms with Crippen LogP contribution in [0, 0.1) is 4.77 Å². The van der Waals surface area contributed by atoms with E-state index in [1.54, 1.807) is 28.8 Å². The van der Waals surface area contributed by atoms with Crippen LogP contribution in [0.1, 0.15) is 30.7 Å². The molecule has 1 amide bonds.